The van der Waals surface area contributed by atoms with Gasteiger partial charge in [0.2, 0.25) is 0 Å². The number of amides is 3. The van der Waals surface area contributed by atoms with E-state index in [4.69, 9.17) is 25.8 Å². The number of nitrogens with zero attached hydrogens (tertiary/aromatic N) is 1. The van der Waals surface area contributed by atoms with E-state index in [-0.39, 0.29) is 12.5 Å². The average Bonchev–Trinajstić information content (AvgIpc) is 2.93. The van der Waals surface area contributed by atoms with E-state index in [0.29, 0.717) is 49.4 Å². The zero-order valence-corrected chi connectivity index (χ0v) is 24.0. The first-order valence-electron chi connectivity index (χ1n) is 11.7. The summed E-state index contributed by atoms with van der Waals surface area (Å²) in [4.78, 5) is 36.6. The van der Waals surface area contributed by atoms with Crippen LogP contribution in [0.3, 0.4) is 0 Å². The molecule has 0 atom stereocenters. The van der Waals surface area contributed by atoms with Crippen molar-refractivity contribution in [2.45, 2.75) is 13.3 Å². The second-order valence-electron chi connectivity index (χ2n) is 7.90. The molecule has 204 valence electrons. The number of anilines is 2. The number of ether oxygens (including phenoxy) is 3. The summed E-state index contributed by atoms with van der Waals surface area (Å²) in [5, 5.41) is 9.62. The number of carbonyl (C=O) groups excluding carboxylic acids is 3. The van der Waals surface area contributed by atoms with Gasteiger partial charge in [0.15, 0.2) is 18.1 Å². The summed E-state index contributed by atoms with van der Waals surface area (Å²) in [5.41, 5.74) is 3.79. The molecule has 39 heavy (non-hydrogen) atoms. The second-order valence-corrected chi connectivity index (χ2v) is 9.50. The highest BCUT2D eigenvalue weighted by atomic mass is 127. The molecule has 0 saturated carbocycles. The summed E-state index contributed by atoms with van der Waals surface area (Å²) >= 11 is 7.89. The van der Waals surface area contributed by atoms with Crippen LogP contribution in [0.15, 0.2) is 65.8 Å². The number of methoxy groups -OCH3 is 1. The number of halogens is 2. The van der Waals surface area contributed by atoms with Crippen molar-refractivity contribution in [1.82, 2.24) is 5.43 Å². The molecule has 3 N–H and O–H groups in total. The van der Waals surface area contributed by atoms with Gasteiger partial charge in [-0.05, 0) is 95.2 Å². The van der Waals surface area contributed by atoms with Crippen molar-refractivity contribution >= 4 is 69.5 Å². The molecule has 0 unspecified atom stereocenters. The molecule has 0 aliphatic heterocycles. The first-order valence-corrected chi connectivity index (χ1v) is 13.2. The summed E-state index contributed by atoms with van der Waals surface area (Å²) in [6.45, 7) is 2.35. The SMILES string of the molecule is CCCOc1ccc(NC(=O)C(=O)N/N=C\c2cc(I)c(OCC(=O)Nc3ccc(Cl)cc3)c(OC)c2)cc1. The van der Waals surface area contributed by atoms with Gasteiger partial charge >= 0.3 is 11.8 Å². The van der Waals surface area contributed by atoms with Crippen LogP contribution in [0.2, 0.25) is 5.02 Å². The number of benzene rings is 3. The fourth-order valence-electron chi connectivity index (χ4n) is 3.08. The van der Waals surface area contributed by atoms with Crippen LogP contribution in [-0.2, 0) is 14.4 Å². The van der Waals surface area contributed by atoms with Gasteiger partial charge in [-0.25, -0.2) is 5.43 Å². The standard InChI is InChI=1S/C27H26ClIN4O6/c1-3-12-38-21-10-8-20(9-11-21)32-26(35)27(36)33-30-15-17-13-22(29)25(23(14-17)37-2)39-16-24(34)31-19-6-4-18(28)5-7-19/h4-11,13-15H,3,12,16H2,1-2H3,(H,31,34)(H,32,35)(H,33,36)/b30-15-. The van der Waals surface area contributed by atoms with E-state index in [0.717, 1.165) is 6.42 Å². The third kappa shape index (κ3) is 9.45. The molecule has 0 heterocycles. The summed E-state index contributed by atoms with van der Waals surface area (Å²) < 4.78 is 17.2. The number of hydrogen-bond donors (Lipinski definition) is 3. The van der Waals surface area contributed by atoms with E-state index in [1.54, 1.807) is 60.7 Å². The molecule has 0 aromatic heterocycles. The molecule has 12 heteroatoms. The van der Waals surface area contributed by atoms with Crippen LogP contribution in [0.4, 0.5) is 11.4 Å². The van der Waals surface area contributed by atoms with E-state index in [1.807, 2.05) is 29.5 Å². The van der Waals surface area contributed by atoms with Crippen LogP contribution in [0.25, 0.3) is 0 Å². The fourth-order valence-corrected chi connectivity index (χ4v) is 3.99. The van der Waals surface area contributed by atoms with Crippen LogP contribution in [-0.4, -0.2) is 44.3 Å². The largest absolute Gasteiger partial charge is 0.494 e. The molecule has 0 aliphatic rings. The third-order valence-electron chi connectivity index (χ3n) is 4.90. The van der Waals surface area contributed by atoms with Crippen molar-refractivity contribution in [1.29, 1.82) is 0 Å². The van der Waals surface area contributed by atoms with Crippen LogP contribution >= 0.6 is 34.2 Å². The molecule has 3 aromatic carbocycles. The first-order chi connectivity index (χ1) is 18.8. The maximum atomic E-state index is 12.3. The Balaban J connectivity index is 1.53. The van der Waals surface area contributed by atoms with Gasteiger partial charge in [-0.1, -0.05) is 18.5 Å². The van der Waals surface area contributed by atoms with E-state index in [1.165, 1.54) is 13.3 Å². The Labute approximate surface area is 244 Å². The Kier molecular flexibility index (Phi) is 11.4. The van der Waals surface area contributed by atoms with Gasteiger partial charge in [-0.3, -0.25) is 14.4 Å². The van der Waals surface area contributed by atoms with E-state index < -0.39 is 11.8 Å². The molecule has 0 fully saturated rings. The molecular formula is C27H26ClIN4O6. The topological polar surface area (TPSA) is 127 Å². The van der Waals surface area contributed by atoms with Gasteiger partial charge < -0.3 is 24.8 Å². The van der Waals surface area contributed by atoms with Crippen molar-refractivity contribution in [2.24, 2.45) is 5.10 Å². The highest BCUT2D eigenvalue weighted by Gasteiger charge is 2.15. The summed E-state index contributed by atoms with van der Waals surface area (Å²) in [6, 6.07) is 16.7. The Morgan fingerprint density at radius 3 is 2.28 bits per heavy atom. The van der Waals surface area contributed by atoms with Crippen LogP contribution < -0.4 is 30.3 Å². The zero-order chi connectivity index (χ0) is 28.2. The Bertz CT molecular complexity index is 1330. The smallest absolute Gasteiger partial charge is 0.329 e. The minimum atomic E-state index is -0.939. The van der Waals surface area contributed by atoms with Crippen molar-refractivity contribution in [2.75, 3.05) is 31.0 Å². The lowest BCUT2D eigenvalue weighted by Crippen LogP contribution is -2.32. The van der Waals surface area contributed by atoms with Crippen molar-refractivity contribution in [3.8, 4) is 17.2 Å². The predicted molar refractivity (Wildman–Crippen MR) is 158 cm³/mol. The van der Waals surface area contributed by atoms with Gasteiger partial charge in [0.1, 0.15) is 5.75 Å². The van der Waals surface area contributed by atoms with Crippen molar-refractivity contribution in [3.05, 3.63) is 74.8 Å². The number of hydrogen-bond acceptors (Lipinski definition) is 7. The van der Waals surface area contributed by atoms with Gasteiger partial charge in [0.25, 0.3) is 5.91 Å². The van der Waals surface area contributed by atoms with Crippen molar-refractivity contribution in [3.63, 3.8) is 0 Å². The van der Waals surface area contributed by atoms with Gasteiger partial charge in [0.05, 0.1) is 23.5 Å². The quantitative estimate of drug-likeness (QED) is 0.117. The highest BCUT2D eigenvalue weighted by Crippen LogP contribution is 2.33. The normalized spacial score (nSPS) is 10.6. The van der Waals surface area contributed by atoms with Gasteiger partial charge in [0, 0.05) is 16.4 Å². The lowest BCUT2D eigenvalue weighted by molar-refractivity contribution is -0.136. The number of nitrogens with one attached hydrogen (secondary N) is 3. The Hall–Kier alpha value is -3.84. The van der Waals surface area contributed by atoms with Gasteiger partial charge in [-0.2, -0.15) is 5.10 Å². The van der Waals surface area contributed by atoms with Crippen LogP contribution in [0.5, 0.6) is 17.2 Å². The second kappa shape index (κ2) is 14.9. The molecule has 0 aliphatic carbocycles. The van der Waals surface area contributed by atoms with Gasteiger partial charge in [-0.15, -0.1) is 0 Å². The average molecular weight is 665 g/mol. The molecule has 0 radical (unpaired) electrons. The molecule has 3 amide bonds. The molecule has 10 nitrogen and oxygen atoms in total. The summed E-state index contributed by atoms with van der Waals surface area (Å²) in [6.07, 6.45) is 2.24. The minimum Gasteiger partial charge on any atom is -0.494 e. The Morgan fingerprint density at radius 1 is 0.949 bits per heavy atom. The summed E-state index contributed by atoms with van der Waals surface area (Å²) in [7, 11) is 1.46. The zero-order valence-electron chi connectivity index (χ0n) is 21.1. The molecule has 3 rings (SSSR count). The number of carbonyl (C=O) groups is 3. The van der Waals surface area contributed by atoms with Crippen LogP contribution in [0.1, 0.15) is 18.9 Å². The third-order valence-corrected chi connectivity index (χ3v) is 5.95. The molecule has 0 spiro atoms. The van der Waals surface area contributed by atoms with E-state index in [2.05, 4.69) is 21.2 Å². The molecule has 3 aromatic rings. The lowest BCUT2D eigenvalue weighted by Gasteiger charge is -2.13. The molecule has 0 bridgehead atoms. The number of rotatable bonds is 11. The predicted octanol–water partition coefficient (Wildman–Crippen LogP) is 4.85. The maximum absolute atomic E-state index is 12.3. The molecule has 0 saturated heterocycles. The monoisotopic (exact) mass is 664 g/mol. The Morgan fingerprint density at radius 2 is 1.62 bits per heavy atom. The minimum absolute atomic E-state index is 0.248. The van der Waals surface area contributed by atoms with E-state index >= 15 is 0 Å². The van der Waals surface area contributed by atoms with Crippen molar-refractivity contribution < 1.29 is 28.6 Å². The highest BCUT2D eigenvalue weighted by molar-refractivity contribution is 14.1. The fraction of sp³-hybridized carbons (Fsp3) is 0.185. The summed E-state index contributed by atoms with van der Waals surface area (Å²) in [5.74, 6) is -0.767. The number of hydrazone groups is 1. The first kappa shape index (κ1) is 29.7. The molecular weight excluding hydrogens is 639 g/mol. The van der Waals surface area contributed by atoms with E-state index in [9.17, 15) is 14.4 Å². The van der Waals surface area contributed by atoms with Crippen LogP contribution in [0, 0.1) is 3.57 Å². The lowest BCUT2D eigenvalue weighted by atomic mass is 10.2. The maximum Gasteiger partial charge on any atom is 0.329 e.